The van der Waals surface area contributed by atoms with Crippen molar-refractivity contribution in [2.24, 2.45) is 0 Å². The predicted octanol–water partition coefficient (Wildman–Crippen LogP) is 3.45. The molecule has 0 aliphatic carbocycles. The molecule has 1 saturated heterocycles. The molecule has 0 bridgehead atoms. The van der Waals surface area contributed by atoms with E-state index in [1.165, 1.54) is 47.0 Å². The van der Waals surface area contributed by atoms with Crippen molar-refractivity contribution in [2.45, 2.75) is 16.6 Å². The van der Waals surface area contributed by atoms with Gasteiger partial charge >= 0.3 is 0 Å². The van der Waals surface area contributed by atoms with Crippen LogP contribution in [0, 0.1) is 11.6 Å². The van der Waals surface area contributed by atoms with Gasteiger partial charge in [-0.1, -0.05) is 18.2 Å². The monoisotopic (exact) mass is 411 g/mol. The summed E-state index contributed by atoms with van der Waals surface area (Å²) >= 11 is 1.27. The number of hydrogen-bond acceptors (Lipinski definition) is 4. The maximum Gasteiger partial charge on any atom is 0.232 e. The van der Waals surface area contributed by atoms with Gasteiger partial charge in [-0.25, -0.2) is 17.2 Å². The number of carbonyl (C=O) groups excluding carboxylic acids is 1. The average Bonchev–Trinajstić information content (AvgIpc) is 2.80. The van der Waals surface area contributed by atoms with Gasteiger partial charge in [-0.2, -0.15) is 0 Å². The van der Waals surface area contributed by atoms with Gasteiger partial charge < -0.3 is 4.90 Å². The van der Waals surface area contributed by atoms with Crippen molar-refractivity contribution >= 4 is 27.5 Å². The summed E-state index contributed by atoms with van der Waals surface area (Å²) in [6, 6.07) is 11.7. The van der Waals surface area contributed by atoms with Gasteiger partial charge in [-0.05, 0) is 36.8 Å². The third kappa shape index (κ3) is 4.87. The minimum absolute atomic E-state index is 0.0934. The van der Waals surface area contributed by atoms with Crippen LogP contribution in [-0.2, 0) is 14.6 Å². The standard InChI is InChI=1S/C19H19F2NO3S2/c20-14-5-7-15(8-6-14)26-13-19(23)22-10-9-18(27(24,25)12-11-22)16-3-1-2-4-17(16)21/h1-8,18H,9-13H2. The van der Waals surface area contributed by atoms with Crippen molar-refractivity contribution in [1.29, 1.82) is 0 Å². The highest BCUT2D eigenvalue weighted by Gasteiger charge is 2.34. The molecule has 8 heteroatoms. The Labute approximate surface area is 161 Å². The summed E-state index contributed by atoms with van der Waals surface area (Å²) in [6.45, 7) is 0.344. The molecule has 1 atom stereocenters. The van der Waals surface area contributed by atoms with E-state index >= 15 is 0 Å². The molecule has 2 aromatic rings. The van der Waals surface area contributed by atoms with E-state index in [0.29, 0.717) is 0 Å². The van der Waals surface area contributed by atoms with E-state index in [2.05, 4.69) is 0 Å². The van der Waals surface area contributed by atoms with Crippen LogP contribution in [0.4, 0.5) is 8.78 Å². The van der Waals surface area contributed by atoms with Crippen molar-refractivity contribution in [3.05, 3.63) is 65.7 Å². The van der Waals surface area contributed by atoms with Gasteiger partial charge in [-0.15, -0.1) is 11.8 Å². The van der Waals surface area contributed by atoms with E-state index in [4.69, 9.17) is 0 Å². The van der Waals surface area contributed by atoms with Crippen LogP contribution in [0.2, 0.25) is 0 Å². The maximum absolute atomic E-state index is 14.1. The fraction of sp³-hybridized carbons (Fsp3) is 0.316. The molecular weight excluding hydrogens is 392 g/mol. The largest absolute Gasteiger partial charge is 0.341 e. The lowest BCUT2D eigenvalue weighted by Crippen LogP contribution is -2.34. The summed E-state index contributed by atoms with van der Waals surface area (Å²) in [7, 11) is -3.56. The first-order chi connectivity index (χ1) is 12.9. The number of thioether (sulfide) groups is 1. The van der Waals surface area contributed by atoms with E-state index < -0.39 is 20.9 Å². The molecular formula is C19H19F2NO3S2. The van der Waals surface area contributed by atoms with Crippen LogP contribution < -0.4 is 0 Å². The predicted molar refractivity (Wildman–Crippen MR) is 101 cm³/mol. The summed E-state index contributed by atoms with van der Waals surface area (Å²) in [4.78, 5) is 14.7. The first-order valence-corrected chi connectivity index (χ1v) is 11.2. The smallest absolute Gasteiger partial charge is 0.232 e. The summed E-state index contributed by atoms with van der Waals surface area (Å²) in [5.74, 6) is -1.14. The third-order valence-electron chi connectivity index (χ3n) is 4.52. The van der Waals surface area contributed by atoms with Gasteiger partial charge in [0.25, 0.3) is 0 Å². The molecule has 0 N–H and O–H groups in total. The van der Waals surface area contributed by atoms with Crippen molar-refractivity contribution in [3.8, 4) is 0 Å². The van der Waals surface area contributed by atoms with Gasteiger partial charge in [0.2, 0.25) is 5.91 Å². The summed E-state index contributed by atoms with van der Waals surface area (Å²) < 4.78 is 52.2. The molecule has 1 fully saturated rings. The normalized spacial score (nSPS) is 19.5. The molecule has 1 aliphatic rings. The molecule has 0 aromatic heterocycles. The molecule has 0 spiro atoms. The van der Waals surface area contributed by atoms with Crippen LogP contribution in [0.1, 0.15) is 17.2 Å². The second-order valence-electron chi connectivity index (χ2n) is 6.29. The Bertz CT molecular complexity index is 917. The number of halogens is 2. The molecule has 1 heterocycles. The minimum atomic E-state index is -3.56. The number of carbonyl (C=O) groups is 1. The van der Waals surface area contributed by atoms with Crippen LogP contribution >= 0.6 is 11.8 Å². The first-order valence-electron chi connectivity index (χ1n) is 8.49. The highest BCUT2D eigenvalue weighted by Crippen LogP contribution is 2.31. The molecule has 3 rings (SSSR count). The Morgan fingerprint density at radius 3 is 2.48 bits per heavy atom. The number of nitrogens with zero attached hydrogens (tertiary/aromatic N) is 1. The molecule has 2 aromatic carbocycles. The number of benzene rings is 2. The Kier molecular flexibility index (Phi) is 6.16. The molecule has 4 nitrogen and oxygen atoms in total. The molecule has 27 heavy (non-hydrogen) atoms. The quantitative estimate of drug-likeness (QED) is 0.724. The highest BCUT2D eigenvalue weighted by molar-refractivity contribution is 8.00. The number of sulfone groups is 1. The minimum Gasteiger partial charge on any atom is -0.341 e. The summed E-state index contributed by atoms with van der Waals surface area (Å²) in [6.07, 6.45) is 0.163. The van der Waals surface area contributed by atoms with Crippen molar-refractivity contribution in [3.63, 3.8) is 0 Å². The lowest BCUT2D eigenvalue weighted by molar-refractivity contribution is -0.128. The Morgan fingerprint density at radius 2 is 1.78 bits per heavy atom. The molecule has 1 unspecified atom stereocenters. The van der Waals surface area contributed by atoms with E-state index in [1.807, 2.05) is 0 Å². The Morgan fingerprint density at radius 1 is 1.07 bits per heavy atom. The van der Waals surface area contributed by atoms with E-state index in [-0.39, 0.29) is 48.3 Å². The van der Waals surface area contributed by atoms with Gasteiger partial charge in [0, 0.05) is 23.5 Å². The molecule has 0 saturated carbocycles. The second-order valence-corrected chi connectivity index (χ2v) is 9.64. The molecule has 0 radical (unpaired) electrons. The Balaban J connectivity index is 1.67. The third-order valence-corrected chi connectivity index (χ3v) is 7.63. The van der Waals surface area contributed by atoms with Crippen LogP contribution in [-0.4, -0.2) is 43.8 Å². The zero-order valence-electron chi connectivity index (χ0n) is 14.5. The highest BCUT2D eigenvalue weighted by atomic mass is 32.2. The molecule has 1 amide bonds. The van der Waals surface area contributed by atoms with Crippen molar-refractivity contribution < 1.29 is 22.0 Å². The fourth-order valence-electron chi connectivity index (χ4n) is 3.05. The SMILES string of the molecule is O=C(CSc1ccc(F)cc1)N1CCC(c2ccccc2F)S(=O)(=O)CC1. The van der Waals surface area contributed by atoms with E-state index in [9.17, 15) is 22.0 Å². The number of rotatable bonds is 4. The molecule has 144 valence electrons. The fourth-order valence-corrected chi connectivity index (χ4v) is 5.65. The lowest BCUT2D eigenvalue weighted by atomic mass is 10.1. The van der Waals surface area contributed by atoms with Gasteiger partial charge in [-0.3, -0.25) is 4.79 Å². The first kappa shape index (κ1) is 19.8. The van der Waals surface area contributed by atoms with Crippen molar-refractivity contribution in [1.82, 2.24) is 4.90 Å². The number of hydrogen-bond donors (Lipinski definition) is 0. The van der Waals surface area contributed by atoms with Gasteiger partial charge in [0.1, 0.15) is 11.6 Å². The van der Waals surface area contributed by atoms with E-state index in [0.717, 1.165) is 4.90 Å². The van der Waals surface area contributed by atoms with E-state index in [1.54, 1.807) is 18.2 Å². The summed E-state index contributed by atoms with van der Waals surface area (Å²) in [5.41, 5.74) is 0.160. The van der Waals surface area contributed by atoms with Crippen LogP contribution in [0.3, 0.4) is 0 Å². The van der Waals surface area contributed by atoms with Crippen LogP contribution in [0.15, 0.2) is 53.4 Å². The van der Waals surface area contributed by atoms with Gasteiger partial charge in [0.05, 0.1) is 16.8 Å². The lowest BCUT2D eigenvalue weighted by Gasteiger charge is -2.20. The summed E-state index contributed by atoms with van der Waals surface area (Å²) in [5, 5.41) is -0.943. The number of amides is 1. The maximum atomic E-state index is 14.1. The average molecular weight is 411 g/mol. The molecule has 1 aliphatic heterocycles. The van der Waals surface area contributed by atoms with Crippen LogP contribution in [0.25, 0.3) is 0 Å². The van der Waals surface area contributed by atoms with Crippen LogP contribution in [0.5, 0.6) is 0 Å². The van der Waals surface area contributed by atoms with Crippen molar-refractivity contribution in [2.75, 3.05) is 24.6 Å². The zero-order valence-corrected chi connectivity index (χ0v) is 16.1. The van der Waals surface area contributed by atoms with Gasteiger partial charge in [0.15, 0.2) is 9.84 Å². The Hall–Kier alpha value is -1.93. The topological polar surface area (TPSA) is 54.5 Å². The zero-order chi connectivity index (χ0) is 19.4. The second kappa shape index (κ2) is 8.39.